The topological polar surface area (TPSA) is 96.9 Å². The van der Waals surface area contributed by atoms with Gasteiger partial charge in [0.2, 0.25) is 5.91 Å². The number of nitrogens with two attached hydrogens (primary N) is 1. The zero-order valence-electron chi connectivity index (χ0n) is 11.2. The van der Waals surface area contributed by atoms with Crippen molar-refractivity contribution in [2.45, 2.75) is 40.2 Å². The molecule has 6 heteroatoms. The van der Waals surface area contributed by atoms with Crippen LogP contribution >= 0.6 is 0 Å². The van der Waals surface area contributed by atoms with Crippen molar-refractivity contribution in [1.82, 2.24) is 5.32 Å². The standard InChI is InChI=1S/C11H23N3O3/c1-6-17-10(2,3)7-13-9(15)11(4,5)8(12)14-16/h16H,6-7H2,1-5H3,(H2,12,14)(H,13,15). The van der Waals surface area contributed by atoms with Gasteiger partial charge in [0.15, 0.2) is 5.84 Å². The summed E-state index contributed by atoms with van der Waals surface area (Å²) in [6, 6.07) is 0. The number of amides is 1. The van der Waals surface area contributed by atoms with E-state index in [0.29, 0.717) is 13.2 Å². The number of rotatable bonds is 6. The minimum atomic E-state index is -1.04. The molecule has 0 aromatic heterocycles. The zero-order valence-corrected chi connectivity index (χ0v) is 11.2. The largest absolute Gasteiger partial charge is 0.409 e. The normalized spacial score (nSPS) is 13.6. The molecule has 0 saturated carbocycles. The molecule has 0 aromatic rings. The Labute approximate surface area is 102 Å². The fraction of sp³-hybridized carbons (Fsp3) is 0.818. The van der Waals surface area contributed by atoms with E-state index < -0.39 is 11.0 Å². The molecule has 0 spiro atoms. The lowest BCUT2D eigenvalue weighted by Gasteiger charge is -2.28. The van der Waals surface area contributed by atoms with E-state index >= 15 is 0 Å². The molecule has 0 aliphatic carbocycles. The van der Waals surface area contributed by atoms with Gasteiger partial charge in [-0.3, -0.25) is 4.79 Å². The first-order chi connectivity index (χ1) is 7.67. The second-order valence-corrected chi connectivity index (χ2v) is 4.99. The van der Waals surface area contributed by atoms with Crippen LogP contribution in [0.5, 0.6) is 0 Å². The van der Waals surface area contributed by atoms with Crippen molar-refractivity contribution in [2.24, 2.45) is 16.3 Å². The summed E-state index contributed by atoms with van der Waals surface area (Å²) in [6.45, 7) is 9.77. The van der Waals surface area contributed by atoms with Crippen LogP contribution in [0, 0.1) is 5.41 Å². The Morgan fingerprint density at radius 2 is 1.94 bits per heavy atom. The Balaban J connectivity index is 4.47. The monoisotopic (exact) mass is 245 g/mol. The Morgan fingerprint density at radius 3 is 2.35 bits per heavy atom. The number of oxime groups is 1. The van der Waals surface area contributed by atoms with Gasteiger partial charge in [-0.2, -0.15) is 0 Å². The van der Waals surface area contributed by atoms with Crippen LogP contribution in [0.3, 0.4) is 0 Å². The quantitative estimate of drug-likeness (QED) is 0.277. The third-order valence-corrected chi connectivity index (χ3v) is 2.53. The molecule has 0 rings (SSSR count). The predicted octanol–water partition coefficient (Wildman–Crippen LogP) is 0.690. The number of carbonyl (C=O) groups is 1. The van der Waals surface area contributed by atoms with E-state index in [1.54, 1.807) is 13.8 Å². The van der Waals surface area contributed by atoms with E-state index in [4.69, 9.17) is 15.7 Å². The van der Waals surface area contributed by atoms with Gasteiger partial charge in [-0.1, -0.05) is 5.16 Å². The smallest absolute Gasteiger partial charge is 0.233 e. The summed E-state index contributed by atoms with van der Waals surface area (Å²) in [5.74, 6) is -0.426. The maximum absolute atomic E-state index is 11.9. The van der Waals surface area contributed by atoms with Gasteiger partial charge in [0.1, 0.15) is 5.41 Å². The first-order valence-electron chi connectivity index (χ1n) is 5.57. The van der Waals surface area contributed by atoms with Gasteiger partial charge in [-0.05, 0) is 34.6 Å². The Hall–Kier alpha value is -1.30. The summed E-state index contributed by atoms with van der Waals surface area (Å²) in [7, 11) is 0. The molecule has 0 aliphatic heterocycles. The van der Waals surface area contributed by atoms with Gasteiger partial charge >= 0.3 is 0 Å². The summed E-state index contributed by atoms with van der Waals surface area (Å²) in [4.78, 5) is 11.9. The van der Waals surface area contributed by atoms with E-state index in [-0.39, 0.29) is 11.7 Å². The Kier molecular flexibility index (Phi) is 5.41. The highest BCUT2D eigenvalue weighted by Crippen LogP contribution is 2.16. The average Bonchev–Trinajstić information content (AvgIpc) is 2.24. The number of nitrogens with zero attached hydrogens (tertiary/aromatic N) is 1. The Bertz CT molecular complexity index is 298. The van der Waals surface area contributed by atoms with Crippen LogP contribution < -0.4 is 11.1 Å². The number of ether oxygens (including phenoxy) is 1. The van der Waals surface area contributed by atoms with Crippen molar-refractivity contribution in [3.05, 3.63) is 0 Å². The summed E-state index contributed by atoms with van der Waals surface area (Å²) < 4.78 is 5.45. The lowest BCUT2D eigenvalue weighted by atomic mass is 9.90. The van der Waals surface area contributed by atoms with Gasteiger partial charge < -0.3 is 21.0 Å². The van der Waals surface area contributed by atoms with Crippen LogP contribution in [0.25, 0.3) is 0 Å². The fourth-order valence-electron chi connectivity index (χ4n) is 1.20. The maximum Gasteiger partial charge on any atom is 0.233 e. The molecule has 0 atom stereocenters. The van der Waals surface area contributed by atoms with Gasteiger partial charge in [0, 0.05) is 13.2 Å². The number of nitrogens with one attached hydrogen (secondary N) is 1. The second-order valence-electron chi connectivity index (χ2n) is 4.99. The van der Waals surface area contributed by atoms with E-state index in [2.05, 4.69) is 10.5 Å². The summed E-state index contributed by atoms with van der Waals surface area (Å²) in [5, 5.41) is 14.2. The van der Waals surface area contributed by atoms with Gasteiger partial charge in [-0.15, -0.1) is 0 Å². The van der Waals surface area contributed by atoms with Crippen molar-refractivity contribution >= 4 is 11.7 Å². The number of carbonyl (C=O) groups excluding carboxylic acids is 1. The van der Waals surface area contributed by atoms with Crippen molar-refractivity contribution in [3.8, 4) is 0 Å². The number of amidine groups is 1. The number of hydrogen-bond acceptors (Lipinski definition) is 4. The lowest BCUT2D eigenvalue weighted by Crippen LogP contribution is -2.49. The van der Waals surface area contributed by atoms with Crippen molar-refractivity contribution in [3.63, 3.8) is 0 Å². The molecule has 0 fully saturated rings. The van der Waals surface area contributed by atoms with Crippen molar-refractivity contribution in [2.75, 3.05) is 13.2 Å². The molecule has 0 heterocycles. The summed E-state index contributed by atoms with van der Waals surface area (Å²) in [6.07, 6.45) is 0. The van der Waals surface area contributed by atoms with Crippen LogP contribution in [-0.2, 0) is 9.53 Å². The first kappa shape index (κ1) is 15.7. The molecule has 0 aliphatic rings. The van der Waals surface area contributed by atoms with Crippen LogP contribution in [0.2, 0.25) is 0 Å². The molecule has 100 valence electrons. The van der Waals surface area contributed by atoms with Crippen LogP contribution in [0.15, 0.2) is 5.16 Å². The highest BCUT2D eigenvalue weighted by molar-refractivity contribution is 6.05. The molecule has 0 radical (unpaired) electrons. The van der Waals surface area contributed by atoms with Crippen LogP contribution in [0.1, 0.15) is 34.6 Å². The summed E-state index contributed by atoms with van der Waals surface area (Å²) in [5.41, 5.74) is 3.97. The molecule has 0 aromatic carbocycles. The lowest BCUT2D eigenvalue weighted by molar-refractivity contribution is -0.128. The van der Waals surface area contributed by atoms with Gasteiger partial charge in [0.05, 0.1) is 5.60 Å². The van der Waals surface area contributed by atoms with E-state index in [1.165, 1.54) is 0 Å². The minimum Gasteiger partial charge on any atom is -0.409 e. The van der Waals surface area contributed by atoms with Crippen LogP contribution in [-0.4, -0.2) is 35.7 Å². The van der Waals surface area contributed by atoms with Crippen molar-refractivity contribution in [1.29, 1.82) is 0 Å². The number of hydrogen-bond donors (Lipinski definition) is 3. The predicted molar refractivity (Wildman–Crippen MR) is 65.9 cm³/mol. The molecule has 1 amide bonds. The fourth-order valence-corrected chi connectivity index (χ4v) is 1.20. The van der Waals surface area contributed by atoms with Gasteiger partial charge in [-0.25, -0.2) is 0 Å². The second kappa shape index (κ2) is 5.86. The molecule has 0 saturated heterocycles. The highest BCUT2D eigenvalue weighted by Gasteiger charge is 2.33. The molecular weight excluding hydrogens is 222 g/mol. The molecule has 17 heavy (non-hydrogen) atoms. The molecule has 0 bridgehead atoms. The summed E-state index contributed by atoms with van der Waals surface area (Å²) >= 11 is 0. The van der Waals surface area contributed by atoms with Crippen molar-refractivity contribution < 1.29 is 14.7 Å². The Morgan fingerprint density at radius 1 is 1.41 bits per heavy atom. The van der Waals surface area contributed by atoms with Gasteiger partial charge in [0.25, 0.3) is 0 Å². The van der Waals surface area contributed by atoms with E-state index in [9.17, 15) is 4.79 Å². The van der Waals surface area contributed by atoms with Crippen LogP contribution in [0.4, 0.5) is 0 Å². The SMILES string of the molecule is CCOC(C)(C)CNC(=O)C(C)(C)C(N)=NO. The first-order valence-corrected chi connectivity index (χ1v) is 5.57. The molecule has 4 N–H and O–H groups in total. The molecule has 6 nitrogen and oxygen atoms in total. The molecule has 0 unspecified atom stereocenters. The molecular formula is C11H23N3O3. The average molecular weight is 245 g/mol. The van der Waals surface area contributed by atoms with E-state index in [1.807, 2.05) is 20.8 Å². The third kappa shape index (κ3) is 4.60. The highest BCUT2D eigenvalue weighted by atomic mass is 16.5. The third-order valence-electron chi connectivity index (χ3n) is 2.53. The zero-order chi connectivity index (χ0) is 13.7. The minimum absolute atomic E-state index is 0.121. The maximum atomic E-state index is 11.9. The van der Waals surface area contributed by atoms with E-state index in [0.717, 1.165) is 0 Å².